The zero-order valence-electron chi connectivity index (χ0n) is 54.1. The van der Waals surface area contributed by atoms with E-state index in [4.69, 9.17) is 49.0 Å². The summed E-state index contributed by atoms with van der Waals surface area (Å²) in [6, 6.07) is 32.8. The molecule has 9 N–H and O–H groups in total. The number of halogens is 8. The first-order chi connectivity index (χ1) is 46.0. The van der Waals surface area contributed by atoms with E-state index in [-0.39, 0.29) is 50.4 Å². The summed E-state index contributed by atoms with van der Waals surface area (Å²) in [6.45, 7) is 20.3. The van der Waals surface area contributed by atoms with Crippen LogP contribution in [0.15, 0.2) is 126 Å². The molecule has 3 atom stereocenters. The Labute approximate surface area is 572 Å². The van der Waals surface area contributed by atoms with E-state index in [2.05, 4.69) is 45.2 Å². The second-order valence-corrected chi connectivity index (χ2v) is 23.2. The van der Waals surface area contributed by atoms with Crippen molar-refractivity contribution < 1.29 is 75.5 Å². The van der Waals surface area contributed by atoms with Crippen LogP contribution in [0.25, 0.3) is 0 Å². The molecule has 0 aliphatic rings. The number of carbonyl (C=O) groups excluding carboxylic acids is 5. The van der Waals surface area contributed by atoms with Crippen molar-refractivity contribution >= 4 is 111 Å². The van der Waals surface area contributed by atoms with Crippen LogP contribution in [-0.2, 0) is 20.8 Å². The largest absolute Gasteiger partial charge is 0.506 e. The van der Waals surface area contributed by atoms with Gasteiger partial charge in [-0.3, -0.25) is 24.2 Å². The predicted octanol–water partition coefficient (Wildman–Crippen LogP) is 17.9. The van der Waals surface area contributed by atoms with Crippen molar-refractivity contribution in [2.24, 2.45) is 4.99 Å². The molecule has 0 saturated heterocycles. The number of ether oxygens (including phenoxy) is 3. The van der Waals surface area contributed by atoms with E-state index in [1.165, 1.54) is 25.1 Å². The lowest BCUT2D eigenvalue weighted by Crippen LogP contribution is -2.33. The van der Waals surface area contributed by atoms with E-state index in [0.29, 0.717) is 64.2 Å². The smallest absolute Gasteiger partial charge is 0.323 e. The SMILES string of the molecule is C=Nc1ccc(NC(=O)Nc2ccc(NC(=O)C(CCCC)Oc3ccc(C)cc3C)cc2O)cc1.CCc1c(Cl)cc(NC(=O)C(CC)Oc2cccc(C)c2)c(O)c1Cl.Cc1ccc(OC(C)C(=O)Nc2cc(O)c(NC(=O)c3c(F)c(F)c(F)c(F)c3F)cc2Cl)c(C)c1. The summed E-state index contributed by atoms with van der Waals surface area (Å²) < 4.78 is 85.3. The average Bonchev–Trinajstić information content (AvgIpc) is 0.786. The Morgan fingerprint density at radius 1 is 0.536 bits per heavy atom. The highest BCUT2D eigenvalue weighted by molar-refractivity contribution is 6.38. The van der Waals surface area contributed by atoms with Gasteiger partial charge < -0.3 is 61.4 Å². The highest BCUT2D eigenvalue weighted by Gasteiger charge is 2.31. The number of carbonyl (C=O) groups is 5. The number of nitrogens with one attached hydrogen (secondary N) is 6. The van der Waals surface area contributed by atoms with Crippen molar-refractivity contribution in [1.82, 2.24) is 0 Å². The van der Waals surface area contributed by atoms with E-state index in [1.807, 2.05) is 89.3 Å². The molecule has 512 valence electrons. The Morgan fingerprint density at radius 2 is 1.09 bits per heavy atom. The second kappa shape index (κ2) is 35.1. The number of hydrogen-bond donors (Lipinski definition) is 9. The Morgan fingerprint density at radius 3 is 1.66 bits per heavy atom. The summed E-state index contributed by atoms with van der Waals surface area (Å²) in [5.41, 5.74) is 5.20. The number of unbranched alkanes of at least 4 members (excludes halogenated alkanes) is 1. The first-order valence-corrected chi connectivity index (χ1v) is 31.3. The fourth-order valence-electron chi connectivity index (χ4n) is 9.20. The van der Waals surface area contributed by atoms with Crippen molar-refractivity contribution in [3.8, 4) is 34.5 Å². The number of aromatic hydroxyl groups is 3. The van der Waals surface area contributed by atoms with Crippen LogP contribution in [0.5, 0.6) is 34.5 Å². The van der Waals surface area contributed by atoms with E-state index in [0.717, 1.165) is 52.8 Å². The number of aryl methyl sites for hydroxylation is 5. The molecule has 0 aliphatic heterocycles. The summed E-state index contributed by atoms with van der Waals surface area (Å²) in [5, 5.41) is 46.1. The Kier molecular flexibility index (Phi) is 27.4. The maximum atomic E-state index is 13.9. The van der Waals surface area contributed by atoms with Crippen LogP contribution < -0.4 is 46.1 Å². The molecule has 0 aromatic heterocycles. The third kappa shape index (κ3) is 20.7. The minimum Gasteiger partial charge on any atom is -0.506 e. The number of phenols is 3. The van der Waals surface area contributed by atoms with E-state index < -0.39 is 82.2 Å². The lowest BCUT2D eigenvalue weighted by molar-refractivity contribution is -0.123. The van der Waals surface area contributed by atoms with Crippen molar-refractivity contribution in [2.45, 2.75) is 113 Å². The normalized spacial score (nSPS) is 11.6. The fraction of sp³-hybridized carbons (Fsp3) is 0.239. The summed E-state index contributed by atoms with van der Waals surface area (Å²) in [5.74, 6) is -14.2. The van der Waals surface area contributed by atoms with Gasteiger partial charge in [-0.2, -0.15) is 0 Å². The number of benzene rings is 8. The second-order valence-electron chi connectivity index (χ2n) is 22.0. The van der Waals surface area contributed by atoms with Gasteiger partial charge in [0, 0.05) is 28.5 Å². The van der Waals surface area contributed by atoms with Crippen LogP contribution in [0.4, 0.5) is 66.6 Å². The number of anilines is 6. The summed E-state index contributed by atoms with van der Waals surface area (Å²) in [6.07, 6.45) is 0.994. The van der Waals surface area contributed by atoms with E-state index in [9.17, 15) is 61.2 Å². The monoisotopic (exact) mass is 1400 g/mol. The first kappa shape index (κ1) is 75.9. The standard InChI is InChI=1S/C28H32N4O4.C24H18ClF5N2O4.C19H21Cl2NO3/c1-5-6-7-26(36-25-15-8-18(2)16-19(25)3)27(34)30-22-13-14-23(24(33)17-22)32-28(35)31-21-11-9-20(29-4)10-12-21;1-9-4-5-16(10(2)6-9)36-11(3)23(34)31-13-8-15(33)14(7-12(13)25)32-24(35)17-18(26)20(28)22(30)21(29)19(17)27;1-4-13-14(20)10-15(18(23)17(13)21)22-19(24)16(5-2)25-12-8-6-7-11(3)9-12/h8-17,26,33H,4-7H2,1-3H3,(H,30,34)(H2,31,32,35);4-8,11,33H,1-3H3,(H,31,34)(H,32,35);6-10,16,23H,4-5H2,1-3H3,(H,22,24). The highest BCUT2D eigenvalue weighted by Crippen LogP contribution is 2.40. The topological polar surface area (TPSA) is 258 Å². The maximum absolute atomic E-state index is 13.9. The van der Waals surface area contributed by atoms with Gasteiger partial charge in [0.2, 0.25) is 5.82 Å². The van der Waals surface area contributed by atoms with Gasteiger partial charge in [-0.05, 0) is 169 Å². The average molecular weight is 1400 g/mol. The number of hydrogen-bond acceptors (Lipinski definition) is 12. The van der Waals surface area contributed by atoms with Crippen molar-refractivity contribution in [2.75, 3.05) is 31.9 Å². The lowest BCUT2D eigenvalue weighted by Gasteiger charge is -2.20. The minimum atomic E-state index is -2.43. The number of urea groups is 1. The number of phenolic OH excluding ortho intramolecular Hbond substituents is 3. The van der Waals surface area contributed by atoms with Crippen molar-refractivity contribution in [3.05, 3.63) is 204 Å². The van der Waals surface area contributed by atoms with Gasteiger partial charge in [-0.1, -0.05) is 110 Å². The lowest BCUT2D eigenvalue weighted by atomic mass is 10.1. The van der Waals surface area contributed by atoms with Gasteiger partial charge in [0.25, 0.3) is 23.6 Å². The van der Waals surface area contributed by atoms with Gasteiger partial charge in [-0.15, -0.1) is 0 Å². The van der Waals surface area contributed by atoms with Gasteiger partial charge in [-0.25, -0.2) is 26.7 Å². The molecule has 8 aromatic carbocycles. The molecule has 0 radical (unpaired) electrons. The molecule has 3 unspecified atom stereocenters. The Bertz CT molecular complexity index is 4200. The molecule has 97 heavy (non-hydrogen) atoms. The van der Waals surface area contributed by atoms with E-state index >= 15 is 0 Å². The van der Waals surface area contributed by atoms with Gasteiger partial charge in [0.1, 0.15) is 34.3 Å². The number of nitrogens with zero attached hydrogens (tertiary/aromatic N) is 1. The van der Waals surface area contributed by atoms with Crippen LogP contribution in [-0.4, -0.2) is 70.0 Å². The number of aliphatic imine (C=N–C) groups is 1. The first-order valence-electron chi connectivity index (χ1n) is 30.1. The molecule has 0 fully saturated rings. The fourth-order valence-corrected chi connectivity index (χ4v) is 10.1. The molecule has 26 heteroatoms. The van der Waals surface area contributed by atoms with Crippen LogP contribution >= 0.6 is 34.8 Å². The molecule has 18 nitrogen and oxygen atoms in total. The highest BCUT2D eigenvalue weighted by atomic mass is 35.5. The van der Waals surface area contributed by atoms with Crippen LogP contribution in [0.3, 0.4) is 0 Å². The molecule has 8 rings (SSSR count). The van der Waals surface area contributed by atoms with Gasteiger partial charge in [0.15, 0.2) is 47.3 Å². The molecule has 0 heterocycles. The quantitative estimate of drug-likeness (QED) is 0.0101. The van der Waals surface area contributed by atoms with Crippen LogP contribution in [0, 0.1) is 63.7 Å². The van der Waals surface area contributed by atoms with Crippen LogP contribution in [0.2, 0.25) is 15.1 Å². The van der Waals surface area contributed by atoms with Crippen molar-refractivity contribution in [1.29, 1.82) is 0 Å². The van der Waals surface area contributed by atoms with E-state index in [1.54, 1.807) is 55.5 Å². The maximum Gasteiger partial charge on any atom is 0.323 e. The van der Waals surface area contributed by atoms with Crippen LogP contribution in [0.1, 0.15) is 97.1 Å². The van der Waals surface area contributed by atoms with Gasteiger partial charge >= 0.3 is 6.03 Å². The summed E-state index contributed by atoms with van der Waals surface area (Å²) >= 11 is 18.4. The third-order valence-corrected chi connectivity index (χ3v) is 15.5. The molecule has 0 aliphatic carbocycles. The Hall–Kier alpha value is -10.1. The molecule has 0 saturated carbocycles. The summed E-state index contributed by atoms with van der Waals surface area (Å²) in [4.78, 5) is 66.4. The minimum absolute atomic E-state index is 0.107. The molecule has 8 aromatic rings. The zero-order chi connectivity index (χ0) is 71.5. The Balaban J connectivity index is 0.000000234. The number of amides is 6. The predicted molar refractivity (Wildman–Crippen MR) is 369 cm³/mol. The molecule has 0 spiro atoms. The van der Waals surface area contributed by atoms with Crippen molar-refractivity contribution in [3.63, 3.8) is 0 Å². The number of rotatable bonds is 22. The zero-order valence-corrected chi connectivity index (χ0v) is 56.4. The molecular weight excluding hydrogens is 1330 g/mol. The molecule has 0 bridgehead atoms. The molecule has 6 amide bonds. The third-order valence-electron chi connectivity index (χ3n) is 14.4. The van der Waals surface area contributed by atoms with Gasteiger partial charge in [0.05, 0.1) is 38.5 Å². The summed E-state index contributed by atoms with van der Waals surface area (Å²) in [7, 11) is 0. The molecular formula is C71H71Cl3F5N7O11.